The van der Waals surface area contributed by atoms with Crippen molar-refractivity contribution in [3.05, 3.63) is 43.6 Å². The molecule has 0 amide bonds. The maximum atomic E-state index is 6.37. The van der Waals surface area contributed by atoms with Crippen molar-refractivity contribution < 1.29 is 0 Å². The van der Waals surface area contributed by atoms with Crippen LogP contribution in [0.15, 0.2) is 27.5 Å². The first-order valence-corrected chi connectivity index (χ1v) is 8.82. The largest absolute Gasteiger partial charge is 0.354 e. The molecule has 2 aromatic rings. The number of rotatable bonds is 6. The average Bonchev–Trinajstić information content (AvgIpc) is 2.81. The van der Waals surface area contributed by atoms with E-state index in [1.807, 2.05) is 19.3 Å². The fourth-order valence-corrected chi connectivity index (χ4v) is 3.48. The Morgan fingerprint density at radius 2 is 2.14 bits per heavy atom. The van der Waals surface area contributed by atoms with Gasteiger partial charge in [-0.1, -0.05) is 25.4 Å². The third-order valence-electron chi connectivity index (χ3n) is 3.00. The van der Waals surface area contributed by atoms with E-state index in [1.165, 1.54) is 5.56 Å². The first kappa shape index (κ1) is 16.7. The minimum Gasteiger partial charge on any atom is -0.354 e. The molecular weight excluding hydrogens is 370 g/mol. The molecule has 2 rings (SSSR count). The van der Waals surface area contributed by atoms with Crippen molar-refractivity contribution in [2.75, 3.05) is 11.9 Å². The molecule has 0 aliphatic carbocycles. The van der Waals surface area contributed by atoms with Crippen molar-refractivity contribution in [2.45, 2.75) is 33.0 Å². The molecule has 0 bridgehead atoms. The zero-order valence-electron chi connectivity index (χ0n) is 12.4. The molecule has 0 fully saturated rings. The molecule has 2 aromatic heterocycles. The molecule has 2 heterocycles. The van der Waals surface area contributed by atoms with Crippen LogP contribution < -0.4 is 10.2 Å². The van der Waals surface area contributed by atoms with Crippen molar-refractivity contribution in [1.82, 2.24) is 10.3 Å². The Bertz CT molecular complexity index is 600. The Kier molecular flexibility index (Phi) is 6.05. The highest BCUT2D eigenvalue weighted by Gasteiger charge is 2.10. The van der Waals surface area contributed by atoms with Crippen LogP contribution in [0.2, 0.25) is 5.02 Å². The second kappa shape index (κ2) is 7.58. The van der Waals surface area contributed by atoms with Gasteiger partial charge < -0.3 is 10.2 Å². The SMILES string of the molecule is CC(C)NCc1cnc(N(C)Cc2csc(Br)c2)c(Cl)c1. The standard InChI is InChI=1S/C15H19BrClN3S/c1-10(2)18-6-11-4-13(17)15(19-7-11)20(3)8-12-5-14(16)21-9-12/h4-5,7,9-10,18H,6,8H2,1-3H3. The zero-order valence-corrected chi connectivity index (χ0v) is 15.5. The van der Waals surface area contributed by atoms with Crippen LogP contribution in [0, 0.1) is 0 Å². The highest BCUT2D eigenvalue weighted by molar-refractivity contribution is 9.11. The lowest BCUT2D eigenvalue weighted by Gasteiger charge is -2.19. The second-order valence-electron chi connectivity index (χ2n) is 5.30. The van der Waals surface area contributed by atoms with E-state index in [0.717, 1.165) is 28.3 Å². The van der Waals surface area contributed by atoms with Crippen LogP contribution in [-0.2, 0) is 13.1 Å². The van der Waals surface area contributed by atoms with Crippen LogP contribution in [0.25, 0.3) is 0 Å². The molecule has 0 aromatic carbocycles. The van der Waals surface area contributed by atoms with Gasteiger partial charge in [-0.2, -0.15) is 0 Å². The summed E-state index contributed by atoms with van der Waals surface area (Å²) in [6.07, 6.45) is 1.89. The Morgan fingerprint density at radius 1 is 1.38 bits per heavy atom. The molecule has 0 spiro atoms. The lowest BCUT2D eigenvalue weighted by atomic mass is 10.2. The van der Waals surface area contributed by atoms with Gasteiger partial charge in [0.15, 0.2) is 0 Å². The number of hydrogen-bond donors (Lipinski definition) is 1. The molecule has 0 atom stereocenters. The maximum absolute atomic E-state index is 6.37. The smallest absolute Gasteiger partial charge is 0.147 e. The van der Waals surface area contributed by atoms with Crippen molar-refractivity contribution >= 4 is 44.7 Å². The van der Waals surface area contributed by atoms with E-state index < -0.39 is 0 Å². The van der Waals surface area contributed by atoms with Crippen molar-refractivity contribution in [2.24, 2.45) is 0 Å². The number of nitrogens with zero attached hydrogens (tertiary/aromatic N) is 2. The second-order valence-corrected chi connectivity index (χ2v) is 8.00. The van der Waals surface area contributed by atoms with Crippen LogP contribution in [0.4, 0.5) is 5.82 Å². The maximum Gasteiger partial charge on any atom is 0.147 e. The summed E-state index contributed by atoms with van der Waals surface area (Å²) in [5.74, 6) is 0.812. The van der Waals surface area contributed by atoms with Gasteiger partial charge in [0.2, 0.25) is 0 Å². The summed E-state index contributed by atoms with van der Waals surface area (Å²) < 4.78 is 1.14. The first-order valence-electron chi connectivity index (χ1n) is 6.77. The Balaban J connectivity index is 2.05. The average molecular weight is 389 g/mol. The number of thiophene rings is 1. The molecule has 21 heavy (non-hydrogen) atoms. The highest BCUT2D eigenvalue weighted by Crippen LogP contribution is 2.26. The topological polar surface area (TPSA) is 28.2 Å². The lowest BCUT2D eigenvalue weighted by molar-refractivity contribution is 0.588. The Hall–Kier alpha value is -0.620. The van der Waals surface area contributed by atoms with Crippen molar-refractivity contribution in [3.63, 3.8) is 0 Å². The quantitative estimate of drug-likeness (QED) is 0.778. The minimum absolute atomic E-state index is 0.447. The summed E-state index contributed by atoms with van der Waals surface area (Å²) >= 11 is 11.5. The molecule has 1 N–H and O–H groups in total. The molecular formula is C15H19BrClN3S. The number of aromatic nitrogens is 1. The van der Waals surface area contributed by atoms with Crippen LogP contribution in [-0.4, -0.2) is 18.1 Å². The zero-order chi connectivity index (χ0) is 15.4. The normalized spacial score (nSPS) is 11.1. The Morgan fingerprint density at radius 3 is 2.71 bits per heavy atom. The predicted octanol–water partition coefficient (Wildman–Crippen LogP) is 4.69. The molecule has 0 aliphatic heterocycles. The fourth-order valence-electron chi connectivity index (χ4n) is 1.95. The van der Waals surface area contributed by atoms with Gasteiger partial charge in [-0.05, 0) is 44.6 Å². The molecule has 3 nitrogen and oxygen atoms in total. The number of nitrogens with one attached hydrogen (secondary N) is 1. The van der Waals surface area contributed by atoms with Gasteiger partial charge >= 0.3 is 0 Å². The van der Waals surface area contributed by atoms with E-state index in [4.69, 9.17) is 11.6 Å². The van der Waals surface area contributed by atoms with Crippen molar-refractivity contribution in [1.29, 1.82) is 0 Å². The summed E-state index contributed by atoms with van der Waals surface area (Å²) in [6.45, 7) is 5.82. The third kappa shape index (κ3) is 4.95. The summed E-state index contributed by atoms with van der Waals surface area (Å²) in [7, 11) is 2.01. The predicted molar refractivity (Wildman–Crippen MR) is 95.3 cm³/mol. The highest BCUT2D eigenvalue weighted by atomic mass is 79.9. The fraction of sp³-hybridized carbons (Fsp3) is 0.400. The lowest BCUT2D eigenvalue weighted by Crippen LogP contribution is -2.22. The van der Waals surface area contributed by atoms with E-state index in [1.54, 1.807) is 11.3 Å². The van der Waals surface area contributed by atoms with Crippen molar-refractivity contribution in [3.8, 4) is 0 Å². The van der Waals surface area contributed by atoms with Crippen LogP contribution in [0.3, 0.4) is 0 Å². The van der Waals surface area contributed by atoms with Gasteiger partial charge in [0.05, 0.1) is 8.81 Å². The first-order chi connectivity index (χ1) is 9.95. The number of pyridine rings is 1. The number of anilines is 1. The van der Waals surface area contributed by atoms with E-state index in [0.29, 0.717) is 11.1 Å². The van der Waals surface area contributed by atoms with E-state index in [-0.39, 0.29) is 0 Å². The number of halogens is 2. The number of hydrogen-bond acceptors (Lipinski definition) is 4. The van der Waals surface area contributed by atoms with Crippen LogP contribution >= 0.6 is 38.9 Å². The summed E-state index contributed by atoms with van der Waals surface area (Å²) in [5, 5.41) is 6.19. The van der Waals surface area contributed by atoms with Crippen LogP contribution in [0.1, 0.15) is 25.0 Å². The molecule has 0 saturated carbocycles. The van der Waals surface area contributed by atoms with E-state index >= 15 is 0 Å². The van der Waals surface area contributed by atoms with Gasteiger partial charge in [0.1, 0.15) is 5.82 Å². The summed E-state index contributed by atoms with van der Waals surface area (Å²) in [6, 6.07) is 4.55. The minimum atomic E-state index is 0.447. The molecule has 0 saturated heterocycles. The molecule has 6 heteroatoms. The van der Waals surface area contributed by atoms with Gasteiger partial charge in [-0.3, -0.25) is 0 Å². The molecule has 0 unspecified atom stereocenters. The van der Waals surface area contributed by atoms with Gasteiger partial charge in [-0.15, -0.1) is 11.3 Å². The van der Waals surface area contributed by atoms with E-state index in [9.17, 15) is 0 Å². The molecule has 0 aliphatic rings. The van der Waals surface area contributed by atoms with Gasteiger partial charge in [-0.25, -0.2) is 4.98 Å². The molecule has 114 valence electrons. The monoisotopic (exact) mass is 387 g/mol. The molecule has 0 radical (unpaired) electrons. The van der Waals surface area contributed by atoms with Gasteiger partial charge in [0.25, 0.3) is 0 Å². The van der Waals surface area contributed by atoms with Gasteiger partial charge in [0, 0.05) is 32.4 Å². The third-order valence-corrected chi connectivity index (χ3v) is 4.83. The Labute approximate surface area is 143 Å². The summed E-state index contributed by atoms with van der Waals surface area (Å²) in [5.41, 5.74) is 2.35. The van der Waals surface area contributed by atoms with Crippen LogP contribution in [0.5, 0.6) is 0 Å². The summed E-state index contributed by atoms with van der Waals surface area (Å²) in [4.78, 5) is 6.57. The van der Waals surface area contributed by atoms with E-state index in [2.05, 4.69) is 56.4 Å².